The van der Waals surface area contributed by atoms with Gasteiger partial charge in [0, 0.05) is 18.5 Å². The Labute approximate surface area is 108 Å². The van der Waals surface area contributed by atoms with E-state index in [4.69, 9.17) is 0 Å². The van der Waals surface area contributed by atoms with Crippen molar-refractivity contribution in [2.75, 3.05) is 5.32 Å². The van der Waals surface area contributed by atoms with E-state index in [9.17, 15) is 9.18 Å². The van der Waals surface area contributed by atoms with Gasteiger partial charge in [-0.2, -0.15) is 4.68 Å². The molecule has 0 spiro atoms. The van der Waals surface area contributed by atoms with Crippen molar-refractivity contribution in [3.05, 3.63) is 29.8 Å². The van der Waals surface area contributed by atoms with E-state index in [1.54, 1.807) is 0 Å². The Bertz CT molecular complexity index is 635. The first-order chi connectivity index (χ1) is 9.15. The van der Waals surface area contributed by atoms with Gasteiger partial charge in [0.05, 0.1) is 0 Å². The quantitative estimate of drug-likeness (QED) is 0.911. The maximum Gasteiger partial charge on any atom is 0.221 e. The van der Waals surface area contributed by atoms with Gasteiger partial charge in [-0.1, -0.05) is 0 Å². The fraction of sp³-hybridized carbons (Fsp3) is 0.333. The number of aromatic nitrogens is 4. The van der Waals surface area contributed by atoms with E-state index >= 15 is 0 Å². The van der Waals surface area contributed by atoms with E-state index in [0.717, 1.165) is 12.8 Å². The number of benzene rings is 1. The summed E-state index contributed by atoms with van der Waals surface area (Å²) in [5, 5.41) is 14.0. The van der Waals surface area contributed by atoms with Gasteiger partial charge in [0.1, 0.15) is 11.5 Å². The van der Waals surface area contributed by atoms with Gasteiger partial charge < -0.3 is 5.32 Å². The Morgan fingerprint density at radius 2 is 2.26 bits per heavy atom. The van der Waals surface area contributed by atoms with Crippen LogP contribution >= 0.6 is 0 Å². The maximum atomic E-state index is 13.9. The second kappa shape index (κ2) is 4.42. The molecule has 7 heteroatoms. The topological polar surface area (TPSA) is 72.7 Å². The van der Waals surface area contributed by atoms with Crippen LogP contribution in [0.2, 0.25) is 0 Å². The number of hydrogen-bond acceptors (Lipinski definition) is 4. The summed E-state index contributed by atoms with van der Waals surface area (Å²) in [6, 6.07) is 4.32. The highest BCUT2D eigenvalue weighted by molar-refractivity contribution is 5.88. The average Bonchev–Trinajstić information content (AvgIpc) is 3.09. The SMILES string of the molecule is CC(=O)Nc1ccc(F)c(-n2nnnc2C2CC2)c1. The van der Waals surface area contributed by atoms with Crippen LogP contribution in [-0.2, 0) is 4.79 Å². The number of carbonyl (C=O) groups excluding carboxylic acids is 1. The van der Waals surface area contributed by atoms with Crippen molar-refractivity contribution in [3.63, 3.8) is 0 Å². The summed E-state index contributed by atoms with van der Waals surface area (Å²) >= 11 is 0. The van der Waals surface area contributed by atoms with Gasteiger partial charge in [0.25, 0.3) is 0 Å². The van der Waals surface area contributed by atoms with E-state index in [2.05, 4.69) is 20.8 Å². The third kappa shape index (κ3) is 2.31. The van der Waals surface area contributed by atoms with Gasteiger partial charge in [-0.05, 0) is 41.5 Å². The van der Waals surface area contributed by atoms with E-state index < -0.39 is 5.82 Å². The van der Waals surface area contributed by atoms with Crippen molar-refractivity contribution in [2.24, 2.45) is 0 Å². The summed E-state index contributed by atoms with van der Waals surface area (Å²) in [5.41, 5.74) is 0.763. The Morgan fingerprint density at radius 1 is 1.47 bits per heavy atom. The number of carbonyl (C=O) groups is 1. The lowest BCUT2D eigenvalue weighted by Gasteiger charge is -2.08. The number of amides is 1. The normalized spacial score (nSPS) is 14.4. The molecule has 2 aromatic rings. The average molecular weight is 261 g/mol. The van der Waals surface area contributed by atoms with Gasteiger partial charge in [0.15, 0.2) is 5.82 Å². The molecule has 0 atom stereocenters. The first kappa shape index (κ1) is 11.8. The molecule has 1 aromatic heterocycles. The van der Waals surface area contributed by atoms with Crippen molar-refractivity contribution in [3.8, 4) is 5.69 Å². The Kier molecular flexibility index (Phi) is 2.73. The van der Waals surface area contributed by atoms with Crippen LogP contribution in [0.25, 0.3) is 5.69 Å². The summed E-state index contributed by atoms with van der Waals surface area (Å²) < 4.78 is 15.3. The van der Waals surface area contributed by atoms with Crippen molar-refractivity contribution in [1.29, 1.82) is 0 Å². The van der Waals surface area contributed by atoms with Gasteiger partial charge in [0.2, 0.25) is 5.91 Å². The number of nitrogens with one attached hydrogen (secondary N) is 1. The molecule has 1 aromatic carbocycles. The number of nitrogens with zero attached hydrogens (tertiary/aromatic N) is 4. The Morgan fingerprint density at radius 3 is 2.95 bits per heavy atom. The summed E-state index contributed by atoms with van der Waals surface area (Å²) in [5.74, 6) is 0.331. The molecular formula is C12H12FN5O. The van der Waals surface area contributed by atoms with Crippen molar-refractivity contribution < 1.29 is 9.18 Å². The van der Waals surface area contributed by atoms with Crippen LogP contribution in [0.1, 0.15) is 31.5 Å². The summed E-state index contributed by atoms with van der Waals surface area (Å²) in [4.78, 5) is 11.0. The predicted molar refractivity (Wildman–Crippen MR) is 65.4 cm³/mol. The molecule has 19 heavy (non-hydrogen) atoms. The number of tetrazole rings is 1. The highest BCUT2D eigenvalue weighted by Crippen LogP contribution is 2.39. The van der Waals surface area contributed by atoms with Crippen LogP contribution in [0.5, 0.6) is 0 Å². The standard InChI is InChI=1S/C12H12FN5O/c1-7(19)14-9-4-5-10(13)11(6-9)18-12(8-2-3-8)15-16-17-18/h4-6,8H,2-3H2,1H3,(H,14,19). The third-order valence-corrected chi connectivity index (χ3v) is 2.93. The predicted octanol–water partition coefficient (Wildman–Crippen LogP) is 1.64. The largest absolute Gasteiger partial charge is 0.326 e. The number of rotatable bonds is 3. The molecule has 1 aliphatic carbocycles. The molecule has 0 radical (unpaired) electrons. The van der Waals surface area contributed by atoms with Gasteiger partial charge >= 0.3 is 0 Å². The van der Waals surface area contributed by atoms with Crippen LogP contribution in [0.3, 0.4) is 0 Å². The molecule has 1 N–H and O–H groups in total. The molecule has 6 nitrogen and oxygen atoms in total. The first-order valence-electron chi connectivity index (χ1n) is 6.01. The highest BCUT2D eigenvalue weighted by atomic mass is 19.1. The Hall–Kier alpha value is -2.31. The second-order valence-electron chi connectivity index (χ2n) is 4.57. The van der Waals surface area contributed by atoms with Crippen molar-refractivity contribution in [2.45, 2.75) is 25.7 Å². The van der Waals surface area contributed by atoms with E-state index in [0.29, 0.717) is 17.4 Å². The lowest BCUT2D eigenvalue weighted by atomic mass is 10.2. The van der Waals surface area contributed by atoms with Crippen LogP contribution < -0.4 is 5.32 Å². The molecule has 1 fully saturated rings. The van der Waals surface area contributed by atoms with Crippen molar-refractivity contribution >= 4 is 11.6 Å². The molecule has 0 saturated heterocycles. The third-order valence-electron chi connectivity index (χ3n) is 2.93. The van der Waals surface area contributed by atoms with Crippen LogP contribution in [-0.4, -0.2) is 26.1 Å². The molecule has 0 aliphatic heterocycles. The Balaban J connectivity index is 2.02. The minimum absolute atomic E-state index is 0.211. The monoisotopic (exact) mass is 261 g/mol. The summed E-state index contributed by atoms with van der Waals surface area (Å²) in [6.45, 7) is 1.40. The molecule has 0 unspecified atom stereocenters. The summed E-state index contributed by atoms with van der Waals surface area (Å²) in [7, 11) is 0. The molecule has 1 heterocycles. The van der Waals surface area contributed by atoms with Crippen LogP contribution in [0.15, 0.2) is 18.2 Å². The zero-order chi connectivity index (χ0) is 13.4. The van der Waals surface area contributed by atoms with E-state index in [1.165, 1.54) is 29.8 Å². The molecule has 1 amide bonds. The maximum absolute atomic E-state index is 13.9. The molecule has 3 rings (SSSR count). The minimum atomic E-state index is -0.427. The first-order valence-corrected chi connectivity index (χ1v) is 6.01. The lowest BCUT2D eigenvalue weighted by Crippen LogP contribution is -2.09. The van der Waals surface area contributed by atoms with Gasteiger partial charge in [-0.25, -0.2) is 4.39 Å². The molecule has 1 saturated carbocycles. The van der Waals surface area contributed by atoms with Gasteiger partial charge in [-0.15, -0.1) is 5.10 Å². The summed E-state index contributed by atoms with van der Waals surface area (Å²) in [6.07, 6.45) is 2.04. The van der Waals surface area contributed by atoms with Crippen LogP contribution in [0.4, 0.5) is 10.1 Å². The van der Waals surface area contributed by atoms with Gasteiger partial charge in [-0.3, -0.25) is 4.79 Å². The zero-order valence-electron chi connectivity index (χ0n) is 10.3. The number of hydrogen-bond donors (Lipinski definition) is 1. The van der Waals surface area contributed by atoms with Crippen molar-refractivity contribution in [1.82, 2.24) is 20.2 Å². The second-order valence-corrected chi connectivity index (χ2v) is 4.57. The lowest BCUT2D eigenvalue weighted by molar-refractivity contribution is -0.114. The fourth-order valence-corrected chi connectivity index (χ4v) is 1.92. The van der Waals surface area contributed by atoms with E-state index in [-0.39, 0.29) is 11.6 Å². The molecule has 0 bridgehead atoms. The molecule has 98 valence electrons. The number of anilines is 1. The smallest absolute Gasteiger partial charge is 0.221 e. The van der Waals surface area contributed by atoms with Crippen LogP contribution in [0, 0.1) is 5.82 Å². The zero-order valence-corrected chi connectivity index (χ0v) is 10.3. The number of halogens is 1. The fourth-order valence-electron chi connectivity index (χ4n) is 1.92. The minimum Gasteiger partial charge on any atom is -0.326 e. The molecule has 1 aliphatic rings. The highest BCUT2D eigenvalue weighted by Gasteiger charge is 2.30. The van der Waals surface area contributed by atoms with E-state index in [1.807, 2.05) is 0 Å². The molecular weight excluding hydrogens is 249 g/mol.